The average molecular weight is 607 g/mol. The smallest absolute Gasteiger partial charge is 0.303 e. The van der Waals surface area contributed by atoms with Gasteiger partial charge in [-0.25, -0.2) is 4.68 Å². The largest absolute Gasteiger partial charge is 0.463 e. The van der Waals surface area contributed by atoms with Crippen molar-refractivity contribution in [3.05, 3.63) is 40.1 Å². The van der Waals surface area contributed by atoms with Crippen molar-refractivity contribution in [2.75, 3.05) is 6.61 Å². The number of carbonyl (C=O) groups is 3. The van der Waals surface area contributed by atoms with Gasteiger partial charge in [-0.1, -0.05) is 53.5 Å². The van der Waals surface area contributed by atoms with Crippen molar-refractivity contribution in [3.63, 3.8) is 0 Å². The van der Waals surface area contributed by atoms with E-state index in [1.807, 2.05) is 6.92 Å². The van der Waals surface area contributed by atoms with E-state index in [2.05, 4.69) is 10.3 Å². The second-order valence-corrected chi connectivity index (χ2v) is 10.7. The van der Waals surface area contributed by atoms with E-state index in [1.54, 1.807) is 31.3 Å². The van der Waals surface area contributed by atoms with Crippen LogP contribution in [0.2, 0.25) is 10.0 Å². The number of nitrogens with zero attached hydrogens (tertiary/aromatic N) is 3. The Balaban J connectivity index is 2.44. The summed E-state index contributed by atoms with van der Waals surface area (Å²) in [6.45, 7) is 7.05. The Kier molecular flexibility index (Phi) is 13.5. The lowest BCUT2D eigenvalue weighted by Crippen LogP contribution is -2.43. The molecule has 1 aromatic carbocycles. The van der Waals surface area contributed by atoms with Crippen molar-refractivity contribution in [2.45, 2.75) is 88.8 Å². The molecule has 0 aliphatic carbocycles. The van der Waals surface area contributed by atoms with Crippen LogP contribution in [0.5, 0.6) is 0 Å². The van der Waals surface area contributed by atoms with Crippen molar-refractivity contribution in [1.82, 2.24) is 15.0 Å². The predicted octanol–water partition coefficient (Wildman–Crippen LogP) is 4.37. The summed E-state index contributed by atoms with van der Waals surface area (Å²) in [5.74, 6) is -1.69. The summed E-state index contributed by atoms with van der Waals surface area (Å²) in [4.78, 5) is 35.9. The van der Waals surface area contributed by atoms with Crippen molar-refractivity contribution < 1.29 is 38.4 Å². The lowest BCUT2D eigenvalue weighted by Gasteiger charge is -2.32. The Bertz CT molecular complexity index is 1120. The van der Waals surface area contributed by atoms with Gasteiger partial charge in [-0.3, -0.25) is 14.4 Å². The van der Waals surface area contributed by atoms with E-state index >= 15 is 0 Å². The number of benzene rings is 1. The Morgan fingerprint density at radius 2 is 1.74 bits per heavy atom. The van der Waals surface area contributed by atoms with Crippen molar-refractivity contribution in [2.24, 2.45) is 0 Å². The maximum absolute atomic E-state index is 12.1. The van der Waals surface area contributed by atoms with Crippen LogP contribution in [0, 0.1) is 0 Å². The number of carbonyl (C=O) groups excluding carboxylic acids is 3. The second kappa shape index (κ2) is 16.0. The highest BCUT2D eigenvalue weighted by molar-refractivity contribution is 7.99. The minimum Gasteiger partial charge on any atom is -0.463 e. The molecule has 2 rings (SSSR count). The van der Waals surface area contributed by atoms with Crippen LogP contribution in [0.4, 0.5) is 0 Å². The maximum Gasteiger partial charge on any atom is 0.303 e. The fraction of sp³-hybridized carbons (Fsp3) is 0.560. The molecule has 0 aliphatic rings. The van der Waals surface area contributed by atoms with Crippen LogP contribution >= 0.6 is 35.0 Å². The lowest BCUT2D eigenvalue weighted by atomic mass is 10.2. The standard InChI is InChI=1S/C25H33Cl2N3O8S/c1-6-7-22(34)21-11-30(29-28-21)12-23(37-17(5)33)25(39-18-8-9-19(26)20(27)10-18)38-24(13-35-15(3)31)14(2)36-16(4)32/h8-11,14,22-25,34H,6-7,12-13H2,1-5H3/t14-,22?,23-,24?,25-/m1/s1. The molecule has 0 fully saturated rings. The van der Waals surface area contributed by atoms with E-state index in [4.69, 9.17) is 42.1 Å². The van der Waals surface area contributed by atoms with Gasteiger partial charge in [-0.2, -0.15) is 0 Å². The molecule has 1 aromatic heterocycles. The van der Waals surface area contributed by atoms with Crippen molar-refractivity contribution in [1.29, 1.82) is 0 Å². The van der Waals surface area contributed by atoms with E-state index in [0.717, 1.165) is 6.42 Å². The highest BCUT2D eigenvalue weighted by Crippen LogP contribution is 2.34. The van der Waals surface area contributed by atoms with Crippen LogP contribution in [-0.4, -0.2) is 68.4 Å². The molecule has 1 heterocycles. The molecule has 0 aliphatic heterocycles. The highest BCUT2D eigenvalue weighted by Gasteiger charge is 2.34. The zero-order valence-corrected chi connectivity index (χ0v) is 24.7. The molecule has 0 saturated carbocycles. The predicted molar refractivity (Wildman–Crippen MR) is 144 cm³/mol. The lowest BCUT2D eigenvalue weighted by molar-refractivity contribution is -0.170. The minimum absolute atomic E-state index is 0.00659. The zero-order chi connectivity index (χ0) is 29.1. The van der Waals surface area contributed by atoms with Gasteiger partial charge in [0, 0.05) is 25.7 Å². The zero-order valence-electron chi connectivity index (χ0n) is 22.3. The van der Waals surface area contributed by atoms with Gasteiger partial charge >= 0.3 is 17.9 Å². The number of aromatic nitrogens is 3. The molecule has 0 spiro atoms. The molecule has 0 bridgehead atoms. The van der Waals surface area contributed by atoms with Gasteiger partial charge in [0.15, 0.2) is 6.10 Å². The van der Waals surface area contributed by atoms with Crippen LogP contribution in [0.3, 0.4) is 0 Å². The van der Waals surface area contributed by atoms with Gasteiger partial charge in [-0.05, 0) is 31.5 Å². The van der Waals surface area contributed by atoms with Gasteiger partial charge in [0.05, 0.1) is 28.9 Å². The summed E-state index contributed by atoms with van der Waals surface area (Å²) in [5, 5.41) is 19.0. The first kappa shape index (κ1) is 32.8. The Morgan fingerprint density at radius 1 is 1.05 bits per heavy atom. The molecule has 1 N–H and O–H groups in total. The van der Waals surface area contributed by atoms with E-state index in [-0.39, 0.29) is 13.2 Å². The summed E-state index contributed by atoms with van der Waals surface area (Å²) < 4.78 is 23.8. The van der Waals surface area contributed by atoms with Crippen LogP contribution < -0.4 is 0 Å². The van der Waals surface area contributed by atoms with Crippen molar-refractivity contribution >= 4 is 52.9 Å². The average Bonchev–Trinajstić information content (AvgIpc) is 3.31. The summed E-state index contributed by atoms with van der Waals surface area (Å²) in [6.07, 6.45) is -0.653. The molecule has 14 heteroatoms. The third kappa shape index (κ3) is 11.3. The summed E-state index contributed by atoms with van der Waals surface area (Å²) in [6, 6.07) is 4.95. The number of halogens is 2. The van der Waals surface area contributed by atoms with Gasteiger partial charge in [0.2, 0.25) is 0 Å². The van der Waals surface area contributed by atoms with Gasteiger partial charge in [0.1, 0.15) is 29.9 Å². The summed E-state index contributed by atoms with van der Waals surface area (Å²) >= 11 is 13.5. The summed E-state index contributed by atoms with van der Waals surface area (Å²) in [7, 11) is 0. The van der Waals surface area contributed by atoms with Gasteiger partial charge < -0.3 is 24.1 Å². The van der Waals surface area contributed by atoms with E-state index in [0.29, 0.717) is 27.1 Å². The van der Waals surface area contributed by atoms with Gasteiger partial charge in [-0.15, -0.1) is 5.10 Å². The Hall–Kier alpha value is -2.38. The molecule has 0 saturated heterocycles. The quantitative estimate of drug-likeness (QED) is 0.134. The van der Waals surface area contributed by atoms with Crippen LogP contribution in [0.25, 0.3) is 0 Å². The first-order valence-electron chi connectivity index (χ1n) is 12.2. The normalized spacial score (nSPS) is 15.1. The molecule has 0 amide bonds. The molecule has 2 aromatic rings. The maximum atomic E-state index is 12.1. The van der Waals surface area contributed by atoms with E-state index < -0.39 is 47.8 Å². The number of rotatable bonds is 15. The Morgan fingerprint density at radius 3 is 2.33 bits per heavy atom. The molecule has 11 nitrogen and oxygen atoms in total. The van der Waals surface area contributed by atoms with Crippen LogP contribution in [0.1, 0.15) is 59.3 Å². The van der Waals surface area contributed by atoms with Crippen LogP contribution in [-0.2, 0) is 39.9 Å². The Labute approximate surface area is 241 Å². The SMILES string of the molecule is CCCC(O)c1cn(C[C@@H](OC(C)=O)[C@H](OC(COC(C)=O)[C@@H](C)OC(C)=O)Sc2ccc(Cl)c(Cl)c2)nn1. The monoisotopic (exact) mass is 605 g/mol. The molecule has 39 heavy (non-hydrogen) atoms. The number of hydrogen-bond acceptors (Lipinski definition) is 11. The fourth-order valence-electron chi connectivity index (χ4n) is 3.42. The van der Waals surface area contributed by atoms with E-state index in [9.17, 15) is 19.5 Å². The van der Waals surface area contributed by atoms with Crippen molar-refractivity contribution in [3.8, 4) is 0 Å². The topological polar surface area (TPSA) is 139 Å². The fourth-order valence-corrected chi connectivity index (χ4v) is 4.88. The number of thioether (sulfide) groups is 1. The molecule has 2 unspecified atom stereocenters. The number of aliphatic hydroxyl groups excluding tert-OH is 1. The van der Waals surface area contributed by atoms with E-state index in [1.165, 1.54) is 37.2 Å². The molecule has 5 atom stereocenters. The first-order valence-corrected chi connectivity index (χ1v) is 13.9. The van der Waals surface area contributed by atoms with Gasteiger partial charge in [0.25, 0.3) is 0 Å². The third-order valence-corrected chi connectivity index (χ3v) is 7.14. The third-order valence-electron chi connectivity index (χ3n) is 5.23. The summed E-state index contributed by atoms with van der Waals surface area (Å²) in [5.41, 5.74) is -0.554. The number of esters is 3. The molecular weight excluding hydrogens is 573 g/mol. The molecule has 0 radical (unpaired) electrons. The highest BCUT2D eigenvalue weighted by atomic mass is 35.5. The second-order valence-electron chi connectivity index (χ2n) is 8.67. The first-order chi connectivity index (χ1) is 18.4. The number of hydrogen-bond donors (Lipinski definition) is 1. The number of ether oxygens (including phenoxy) is 4. The minimum atomic E-state index is -0.954. The van der Waals surface area contributed by atoms with Crippen LogP contribution in [0.15, 0.2) is 29.3 Å². The molecule has 216 valence electrons. The number of aliphatic hydroxyl groups is 1. The molecular formula is C25H33Cl2N3O8S.